The van der Waals surface area contributed by atoms with Gasteiger partial charge in [-0.05, 0) is 18.6 Å². The number of rotatable bonds is 3. The average molecular weight is 229 g/mol. The zero-order valence-electron chi connectivity index (χ0n) is 9.97. The molecule has 3 nitrogen and oxygen atoms in total. The normalized spacial score (nSPS) is 10.5. The third-order valence-electron chi connectivity index (χ3n) is 3.05. The number of carbonyl (C=O) groups is 1. The Morgan fingerprint density at radius 2 is 2.00 bits per heavy atom. The maximum Gasteiger partial charge on any atom is 0.167 e. The molecule has 1 aromatic heterocycles. The molecular weight excluding hydrogens is 214 g/mol. The van der Waals surface area contributed by atoms with Crippen molar-refractivity contribution in [2.75, 3.05) is 0 Å². The van der Waals surface area contributed by atoms with Crippen LogP contribution in [-0.2, 0) is 13.5 Å². The highest BCUT2D eigenvalue weighted by Gasteiger charge is 2.14. The van der Waals surface area contributed by atoms with Crippen molar-refractivity contribution in [2.45, 2.75) is 13.3 Å². The fourth-order valence-corrected chi connectivity index (χ4v) is 2.07. The molecule has 88 valence electrons. The van der Waals surface area contributed by atoms with E-state index in [4.69, 9.17) is 0 Å². The van der Waals surface area contributed by atoms with Crippen molar-refractivity contribution in [3.05, 3.63) is 41.7 Å². The van der Waals surface area contributed by atoms with Crippen molar-refractivity contribution >= 4 is 6.29 Å². The highest BCUT2D eigenvalue weighted by molar-refractivity contribution is 5.88. The summed E-state index contributed by atoms with van der Waals surface area (Å²) < 4.78 is 1.87. The van der Waals surface area contributed by atoms with Gasteiger partial charge in [0.25, 0.3) is 0 Å². The summed E-state index contributed by atoms with van der Waals surface area (Å²) in [7, 11) is 1.87. The van der Waals surface area contributed by atoms with Crippen molar-refractivity contribution in [3.63, 3.8) is 0 Å². The molecule has 2 aromatic rings. The fraction of sp³-hybridized carbons (Fsp3) is 0.214. The first-order valence-corrected chi connectivity index (χ1v) is 5.61. The van der Waals surface area contributed by atoms with Gasteiger partial charge in [-0.1, -0.05) is 25.1 Å². The number of phenols is 1. The number of hydrogen-bond donors (Lipinski definition) is 1. The van der Waals surface area contributed by atoms with Crippen LogP contribution in [0.5, 0.6) is 5.75 Å². The average Bonchev–Trinajstić information content (AvgIpc) is 2.66. The Hall–Kier alpha value is -2.03. The minimum Gasteiger partial charge on any atom is -0.507 e. The van der Waals surface area contributed by atoms with Gasteiger partial charge in [-0.2, -0.15) is 0 Å². The Kier molecular flexibility index (Phi) is 3.00. The van der Waals surface area contributed by atoms with Gasteiger partial charge in [0.2, 0.25) is 0 Å². The molecule has 1 N–H and O–H groups in total. The summed E-state index contributed by atoms with van der Waals surface area (Å²) in [5.74, 6) is 0.198. The van der Waals surface area contributed by atoms with E-state index >= 15 is 0 Å². The molecule has 1 aromatic carbocycles. The molecule has 0 aliphatic carbocycles. The Morgan fingerprint density at radius 1 is 1.29 bits per heavy atom. The van der Waals surface area contributed by atoms with Gasteiger partial charge in [0, 0.05) is 23.9 Å². The second kappa shape index (κ2) is 4.45. The van der Waals surface area contributed by atoms with Gasteiger partial charge in [0.05, 0.1) is 5.69 Å². The molecule has 2 rings (SSSR count). The highest BCUT2D eigenvalue weighted by Crippen LogP contribution is 2.32. The number of aromatic hydroxyl groups is 1. The molecule has 0 aliphatic heterocycles. The topological polar surface area (TPSA) is 42.2 Å². The number of para-hydroxylation sites is 1. The van der Waals surface area contributed by atoms with Crippen LogP contribution in [0.2, 0.25) is 0 Å². The summed E-state index contributed by atoms with van der Waals surface area (Å²) in [5.41, 5.74) is 3.16. The quantitative estimate of drug-likeness (QED) is 0.822. The fourth-order valence-electron chi connectivity index (χ4n) is 2.07. The Labute approximate surface area is 100 Å². The summed E-state index contributed by atoms with van der Waals surface area (Å²) >= 11 is 0. The van der Waals surface area contributed by atoms with E-state index in [0.29, 0.717) is 11.3 Å². The molecule has 0 aliphatic rings. The highest BCUT2D eigenvalue weighted by atomic mass is 16.3. The second-order valence-corrected chi connectivity index (χ2v) is 3.98. The van der Waals surface area contributed by atoms with Crippen LogP contribution in [0.15, 0.2) is 30.3 Å². The lowest BCUT2D eigenvalue weighted by molar-refractivity contribution is 0.111. The van der Waals surface area contributed by atoms with E-state index in [1.54, 1.807) is 12.1 Å². The van der Waals surface area contributed by atoms with Crippen molar-refractivity contribution < 1.29 is 9.90 Å². The van der Waals surface area contributed by atoms with Crippen molar-refractivity contribution in [1.82, 2.24) is 4.57 Å². The van der Waals surface area contributed by atoms with Crippen molar-refractivity contribution in [3.8, 4) is 16.9 Å². The minimum absolute atomic E-state index is 0.198. The third kappa shape index (κ3) is 1.84. The lowest BCUT2D eigenvalue weighted by atomic mass is 10.0. The molecule has 0 fully saturated rings. The first kappa shape index (κ1) is 11.5. The van der Waals surface area contributed by atoms with Crippen LogP contribution in [0.4, 0.5) is 0 Å². The summed E-state index contributed by atoms with van der Waals surface area (Å²) in [6.07, 6.45) is 1.69. The van der Waals surface area contributed by atoms with E-state index < -0.39 is 0 Å². The molecule has 0 saturated carbocycles. The predicted octanol–water partition coefficient (Wildman–Crippen LogP) is 2.77. The number of carbonyl (C=O) groups excluding carboxylic acids is 1. The van der Waals surface area contributed by atoms with Crippen LogP contribution in [0.3, 0.4) is 0 Å². The van der Waals surface area contributed by atoms with E-state index in [9.17, 15) is 9.90 Å². The van der Waals surface area contributed by atoms with E-state index in [0.717, 1.165) is 24.0 Å². The van der Waals surface area contributed by atoms with Crippen LogP contribution >= 0.6 is 0 Å². The van der Waals surface area contributed by atoms with Gasteiger partial charge in [0.15, 0.2) is 6.29 Å². The number of benzene rings is 1. The van der Waals surface area contributed by atoms with E-state index in [-0.39, 0.29) is 5.75 Å². The van der Waals surface area contributed by atoms with Crippen LogP contribution < -0.4 is 0 Å². The molecule has 17 heavy (non-hydrogen) atoms. The molecule has 0 bridgehead atoms. The van der Waals surface area contributed by atoms with Gasteiger partial charge in [0.1, 0.15) is 5.75 Å². The van der Waals surface area contributed by atoms with Gasteiger partial charge < -0.3 is 9.67 Å². The molecule has 0 amide bonds. The van der Waals surface area contributed by atoms with Crippen LogP contribution in [0.1, 0.15) is 23.1 Å². The lowest BCUT2D eigenvalue weighted by Gasteiger charge is -2.04. The molecule has 0 atom stereocenters. The van der Waals surface area contributed by atoms with E-state index in [2.05, 4.69) is 0 Å². The van der Waals surface area contributed by atoms with E-state index in [1.807, 2.05) is 36.7 Å². The largest absolute Gasteiger partial charge is 0.507 e. The van der Waals surface area contributed by atoms with Gasteiger partial charge in [-0.3, -0.25) is 4.79 Å². The molecular formula is C14H15NO2. The monoisotopic (exact) mass is 229 g/mol. The standard InChI is InChI=1S/C14H15NO2/c1-3-10-8-12(13(9-16)15(10)2)11-6-4-5-7-14(11)17/h4-9,17H,3H2,1-2H3. The van der Waals surface area contributed by atoms with Gasteiger partial charge in [-0.25, -0.2) is 0 Å². The molecule has 0 unspecified atom stereocenters. The van der Waals surface area contributed by atoms with E-state index in [1.165, 1.54) is 0 Å². The second-order valence-electron chi connectivity index (χ2n) is 3.98. The number of nitrogens with zero attached hydrogens (tertiary/aromatic N) is 1. The van der Waals surface area contributed by atoms with Crippen molar-refractivity contribution in [1.29, 1.82) is 0 Å². The zero-order chi connectivity index (χ0) is 12.4. The number of aldehydes is 1. The smallest absolute Gasteiger partial charge is 0.167 e. The number of phenolic OH excluding ortho intramolecular Hbond substituents is 1. The summed E-state index contributed by atoms with van der Waals surface area (Å²) in [6.45, 7) is 2.04. The van der Waals surface area contributed by atoms with Crippen molar-refractivity contribution in [2.24, 2.45) is 7.05 Å². The Balaban J connectivity index is 2.67. The summed E-state index contributed by atoms with van der Waals surface area (Å²) in [4.78, 5) is 11.2. The SMILES string of the molecule is CCc1cc(-c2ccccc2O)c(C=O)n1C. The van der Waals surface area contributed by atoms with Gasteiger partial charge >= 0.3 is 0 Å². The third-order valence-corrected chi connectivity index (χ3v) is 3.05. The molecule has 0 radical (unpaired) electrons. The molecule has 3 heteroatoms. The van der Waals surface area contributed by atoms with Crippen LogP contribution in [0, 0.1) is 0 Å². The first-order chi connectivity index (χ1) is 8.19. The van der Waals surface area contributed by atoms with Crippen LogP contribution in [0.25, 0.3) is 11.1 Å². The Morgan fingerprint density at radius 3 is 2.59 bits per heavy atom. The maximum atomic E-state index is 11.2. The number of hydrogen-bond acceptors (Lipinski definition) is 2. The maximum absolute atomic E-state index is 11.2. The minimum atomic E-state index is 0.198. The number of aromatic nitrogens is 1. The molecule has 1 heterocycles. The first-order valence-electron chi connectivity index (χ1n) is 5.61. The molecule has 0 spiro atoms. The molecule has 0 saturated heterocycles. The zero-order valence-corrected chi connectivity index (χ0v) is 9.97. The Bertz CT molecular complexity index is 555. The summed E-state index contributed by atoms with van der Waals surface area (Å²) in [6, 6.07) is 9.02. The number of aryl methyl sites for hydroxylation is 1. The summed E-state index contributed by atoms with van der Waals surface area (Å²) in [5, 5.41) is 9.83. The van der Waals surface area contributed by atoms with Crippen LogP contribution in [-0.4, -0.2) is 16.0 Å². The van der Waals surface area contributed by atoms with Gasteiger partial charge in [-0.15, -0.1) is 0 Å². The predicted molar refractivity (Wildman–Crippen MR) is 67.3 cm³/mol. The lowest BCUT2D eigenvalue weighted by Crippen LogP contribution is -1.99.